The summed E-state index contributed by atoms with van der Waals surface area (Å²) in [5, 5.41) is 3.51. The summed E-state index contributed by atoms with van der Waals surface area (Å²) in [6.45, 7) is 10.9. The molecule has 1 saturated carbocycles. The van der Waals surface area contributed by atoms with Crippen LogP contribution in [-0.4, -0.2) is 36.6 Å². The van der Waals surface area contributed by atoms with E-state index in [9.17, 15) is 0 Å². The van der Waals surface area contributed by atoms with Gasteiger partial charge in [-0.15, -0.1) is 0 Å². The first-order chi connectivity index (χ1) is 7.72. The first-order valence-corrected chi connectivity index (χ1v) is 7.18. The Labute approximate surface area is 101 Å². The van der Waals surface area contributed by atoms with Crippen LogP contribution in [-0.2, 0) is 0 Å². The second-order valence-corrected chi connectivity index (χ2v) is 5.94. The molecular formula is C14H28N2. The number of hydrogen-bond acceptors (Lipinski definition) is 2. The molecule has 1 aliphatic heterocycles. The lowest BCUT2D eigenvalue weighted by molar-refractivity contribution is 0.0669. The van der Waals surface area contributed by atoms with Gasteiger partial charge in [0.25, 0.3) is 0 Å². The van der Waals surface area contributed by atoms with E-state index >= 15 is 0 Å². The summed E-state index contributed by atoms with van der Waals surface area (Å²) in [7, 11) is 0. The number of likely N-dealkylation sites (N-methyl/N-ethyl adjacent to an activating group) is 1. The van der Waals surface area contributed by atoms with Gasteiger partial charge < -0.3 is 5.32 Å². The Morgan fingerprint density at radius 1 is 1.19 bits per heavy atom. The van der Waals surface area contributed by atoms with E-state index in [-0.39, 0.29) is 0 Å². The summed E-state index contributed by atoms with van der Waals surface area (Å²) in [5.41, 5.74) is 0. The molecule has 94 valence electrons. The van der Waals surface area contributed by atoms with Crippen LogP contribution in [0.4, 0.5) is 0 Å². The minimum Gasteiger partial charge on any atom is -0.315 e. The van der Waals surface area contributed by atoms with Gasteiger partial charge in [0.1, 0.15) is 0 Å². The van der Waals surface area contributed by atoms with E-state index in [0.717, 1.165) is 23.9 Å². The lowest BCUT2D eigenvalue weighted by Crippen LogP contribution is -2.49. The Morgan fingerprint density at radius 2 is 2.00 bits per heavy atom. The van der Waals surface area contributed by atoms with Crippen LogP contribution in [0.5, 0.6) is 0 Å². The van der Waals surface area contributed by atoms with E-state index in [1.54, 1.807) is 0 Å². The third-order valence-corrected chi connectivity index (χ3v) is 4.68. The van der Waals surface area contributed by atoms with Crippen LogP contribution in [0, 0.1) is 11.8 Å². The van der Waals surface area contributed by atoms with Crippen LogP contribution in [0.3, 0.4) is 0 Å². The SMILES string of the molecule is CCN(C1CCNC1)C1CCC(C)CC1C. The monoisotopic (exact) mass is 224 g/mol. The fraction of sp³-hybridized carbons (Fsp3) is 1.00. The van der Waals surface area contributed by atoms with Gasteiger partial charge in [-0.25, -0.2) is 0 Å². The molecule has 2 heteroatoms. The van der Waals surface area contributed by atoms with Gasteiger partial charge in [-0.2, -0.15) is 0 Å². The fourth-order valence-electron chi connectivity index (χ4n) is 3.83. The minimum absolute atomic E-state index is 0.811. The highest BCUT2D eigenvalue weighted by Crippen LogP contribution is 2.33. The topological polar surface area (TPSA) is 15.3 Å². The fourth-order valence-corrected chi connectivity index (χ4v) is 3.83. The number of hydrogen-bond donors (Lipinski definition) is 1. The van der Waals surface area contributed by atoms with Crippen LogP contribution < -0.4 is 5.32 Å². The van der Waals surface area contributed by atoms with Gasteiger partial charge in [0.2, 0.25) is 0 Å². The highest BCUT2D eigenvalue weighted by Gasteiger charge is 2.33. The molecule has 16 heavy (non-hydrogen) atoms. The molecule has 1 saturated heterocycles. The van der Waals surface area contributed by atoms with Crippen molar-refractivity contribution >= 4 is 0 Å². The predicted octanol–water partition coefficient (Wildman–Crippen LogP) is 2.49. The second-order valence-electron chi connectivity index (χ2n) is 5.94. The summed E-state index contributed by atoms with van der Waals surface area (Å²) >= 11 is 0. The van der Waals surface area contributed by atoms with Crippen molar-refractivity contribution in [1.29, 1.82) is 0 Å². The van der Waals surface area contributed by atoms with Crippen LogP contribution in [0.25, 0.3) is 0 Å². The van der Waals surface area contributed by atoms with Crippen LogP contribution in [0.2, 0.25) is 0 Å². The van der Waals surface area contributed by atoms with E-state index in [0.29, 0.717) is 0 Å². The molecule has 0 aromatic rings. The second kappa shape index (κ2) is 5.50. The molecule has 0 radical (unpaired) electrons. The Kier molecular flexibility index (Phi) is 4.26. The zero-order valence-corrected chi connectivity index (χ0v) is 11.2. The molecule has 2 fully saturated rings. The Balaban J connectivity index is 1.97. The van der Waals surface area contributed by atoms with Crippen molar-refractivity contribution in [2.45, 2.75) is 58.5 Å². The Bertz CT molecular complexity index is 211. The van der Waals surface area contributed by atoms with Gasteiger partial charge in [0.15, 0.2) is 0 Å². The average Bonchev–Trinajstić information content (AvgIpc) is 2.75. The van der Waals surface area contributed by atoms with Crippen molar-refractivity contribution in [2.24, 2.45) is 11.8 Å². The molecule has 1 heterocycles. The van der Waals surface area contributed by atoms with Gasteiger partial charge in [-0.1, -0.05) is 20.8 Å². The average molecular weight is 224 g/mol. The number of nitrogens with zero attached hydrogens (tertiary/aromatic N) is 1. The van der Waals surface area contributed by atoms with E-state index in [1.807, 2.05) is 0 Å². The van der Waals surface area contributed by atoms with Crippen molar-refractivity contribution in [2.75, 3.05) is 19.6 Å². The Morgan fingerprint density at radius 3 is 2.56 bits per heavy atom. The summed E-state index contributed by atoms with van der Waals surface area (Å²) in [6, 6.07) is 1.66. The van der Waals surface area contributed by atoms with Crippen LogP contribution in [0.15, 0.2) is 0 Å². The third kappa shape index (κ3) is 2.60. The van der Waals surface area contributed by atoms with Crippen molar-refractivity contribution in [3.05, 3.63) is 0 Å². The summed E-state index contributed by atoms with van der Waals surface area (Å²) < 4.78 is 0. The van der Waals surface area contributed by atoms with Crippen molar-refractivity contribution in [3.63, 3.8) is 0 Å². The first-order valence-electron chi connectivity index (χ1n) is 7.18. The minimum atomic E-state index is 0.811. The third-order valence-electron chi connectivity index (χ3n) is 4.68. The predicted molar refractivity (Wildman–Crippen MR) is 69.6 cm³/mol. The molecule has 4 unspecified atom stereocenters. The molecule has 0 aromatic heterocycles. The van der Waals surface area contributed by atoms with Crippen LogP contribution >= 0.6 is 0 Å². The molecule has 0 aromatic carbocycles. The maximum Gasteiger partial charge on any atom is 0.0235 e. The maximum atomic E-state index is 3.51. The highest BCUT2D eigenvalue weighted by atomic mass is 15.2. The van der Waals surface area contributed by atoms with Gasteiger partial charge in [0, 0.05) is 18.6 Å². The molecule has 2 nitrogen and oxygen atoms in total. The molecule has 0 bridgehead atoms. The molecule has 0 amide bonds. The standard InChI is InChI=1S/C14H28N2/c1-4-16(13-7-8-15-10-13)14-6-5-11(2)9-12(14)3/h11-15H,4-10H2,1-3H3. The zero-order chi connectivity index (χ0) is 11.5. The van der Waals surface area contributed by atoms with E-state index in [2.05, 4.69) is 31.0 Å². The van der Waals surface area contributed by atoms with E-state index < -0.39 is 0 Å². The molecular weight excluding hydrogens is 196 g/mol. The lowest BCUT2D eigenvalue weighted by Gasteiger charge is -2.43. The molecule has 4 atom stereocenters. The number of rotatable bonds is 3. The molecule has 2 aliphatic rings. The highest BCUT2D eigenvalue weighted by molar-refractivity contribution is 4.89. The van der Waals surface area contributed by atoms with Crippen molar-refractivity contribution in [3.8, 4) is 0 Å². The van der Waals surface area contributed by atoms with Crippen molar-refractivity contribution < 1.29 is 0 Å². The first kappa shape index (κ1) is 12.4. The Hall–Kier alpha value is -0.0800. The van der Waals surface area contributed by atoms with Crippen molar-refractivity contribution in [1.82, 2.24) is 10.2 Å². The smallest absolute Gasteiger partial charge is 0.0235 e. The normalized spacial score (nSPS) is 40.5. The molecule has 2 rings (SSSR count). The van der Waals surface area contributed by atoms with Crippen LogP contribution in [0.1, 0.15) is 46.5 Å². The van der Waals surface area contributed by atoms with Gasteiger partial charge in [-0.3, -0.25) is 4.90 Å². The molecule has 1 aliphatic carbocycles. The van der Waals surface area contributed by atoms with E-state index in [1.165, 1.54) is 45.3 Å². The lowest BCUT2D eigenvalue weighted by atomic mass is 9.78. The van der Waals surface area contributed by atoms with Gasteiger partial charge >= 0.3 is 0 Å². The van der Waals surface area contributed by atoms with Gasteiger partial charge in [0.05, 0.1) is 0 Å². The maximum absolute atomic E-state index is 3.51. The molecule has 1 N–H and O–H groups in total. The number of nitrogens with one attached hydrogen (secondary N) is 1. The zero-order valence-electron chi connectivity index (χ0n) is 11.2. The van der Waals surface area contributed by atoms with E-state index in [4.69, 9.17) is 0 Å². The largest absolute Gasteiger partial charge is 0.315 e. The summed E-state index contributed by atoms with van der Waals surface area (Å²) in [6.07, 6.45) is 5.65. The summed E-state index contributed by atoms with van der Waals surface area (Å²) in [5.74, 6) is 1.84. The quantitative estimate of drug-likeness (QED) is 0.792. The molecule has 0 spiro atoms. The summed E-state index contributed by atoms with van der Waals surface area (Å²) in [4.78, 5) is 2.79. The van der Waals surface area contributed by atoms with Gasteiger partial charge in [-0.05, 0) is 50.6 Å².